The Balaban J connectivity index is 1.89. The van der Waals surface area contributed by atoms with Crippen molar-refractivity contribution in [1.82, 2.24) is 5.06 Å². The maximum absolute atomic E-state index is 12.2. The highest BCUT2D eigenvalue weighted by atomic mass is 16.8. The Kier molecular flexibility index (Phi) is 5.22. The van der Waals surface area contributed by atoms with Crippen LogP contribution in [0.25, 0.3) is 0 Å². The molecule has 2 heterocycles. The van der Waals surface area contributed by atoms with Crippen molar-refractivity contribution in [3.8, 4) is 0 Å². The molecule has 110 valence electrons. The summed E-state index contributed by atoms with van der Waals surface area (Å²) in [4.78, 5) is 18.0. The van der Waals surface area contributed by atoms with E-state index in [2.05, 4.69) is 20.8 Å². The lowest BCUT2D eigenvalue weighted by atomic mass is 9.81. The molecule has 0 radical (unpaired) electrons. The lowest BCUT2D eigenvalue weighted by molar-refractivity contribution is -0.320. The first-order valence-electron chi connectivity index (χ1n) is 7.75. The third kappa shape index (κ3) is 3.48. The second-order valence-electron chi connectivity index (χ2n) is 6.16. The number of carbonyl (C=O) groups is 1. The molecule has 2 aliphatic rings. The van der Waals surface area contributed by atoms with Gasteiger partial charge in [-0.15, -0.1) is 0 Å². The summed E-state index contributed by atoms with van der Waals surface area (Å²) in [7, 11) is 0. The molecule has 4 nitrogen and oxygen atoms in total. The molecule has 1 unspecified atom stereocenters. The highest BCUT2D eigenvalue weighted by molar-refractivity contribution is 5.84. The summed E-state index contributed by atoms with van der Waals surface area (Å²) in [6.45, 7) is 7.25. The molecule has 0 aromatic rings. The van der Waals surface area contributed by atoms with Gasteiger partial charge in [-0.25, -0.2) is 9.90 Å². The lowest BCUT2D eigenvalue weighted by Gasteiger charge is -2.47. The number of ether oxygens (including phenoxy) is 1. The number of hydrogen-bond acceptors (Lipinski definition) is 3. The van der Waals surface area contributed by atoms with E-state index < -0.39 is 0 Å². The topological polar surface area (TPSA) is 38.8 Å². The second-order valence-corrected chi connectivity index (χ2v) is 6.16. The molecule has 2 rings (SSSR count). The molecule has 2 saturated heterocycles. The molecular weight excluding hydrogens is 242 g/mol. The maximum Gasteiger partial charge on any atom is 0.251 e. The zero-order chi connectivity index (χ0) is 13.8. The van der Waals surface area contributed by atoms with Gasteiger partial charge in [0.2, 0.25) is 0 Å². The average Bonchev–Trinajstić information content (AvgIpc) is 2.41. The zero-order valence-corrected chi connectivity index (χ0v) is 12.4. The van der Waals surface area contributed by atoms with Gasteiger partial charge in [0.15, 0.2) is 6.29 Å². The van der Waals surface area contributed by atoms with Crippen LogP contribution in [0.5, 0.6) is 0 Å². The fraction of sp³-hybridized carbons (Fsp3) is 0.933. The van der Waals surface area contributed by atoms with Gasteiger partial charge in [-0.05, 0) is 31.6 Å². The molecule has 3 atom stereocenters. The van der Waals surface area contributed by atoms with Crippen molar-refractivity contribution in [2.75, 3.05) is 6.61 Å². The summed E-state index contributed by atoms with van der Waals surface area (Å²) in [5, 5.41) is 1.60. The summed E-state index contributed by atoms with van der Waals surface area (Å²) < 4.78 is 5.56. The minimum atomic E-state index is -0.211. The summed E-state index contributed by atoms with van der Waals surface area (Å²) in [6, 6.07) is 0.255. The SMILES string of the molecule is CCC[C@H]1[C@@H](CC(C)C)C(=O)N1OC1CCCCO1. The third-order valence-electron chi connectivity index (χ3n) is 3.98. The fourth-order valence-electron chi connectivity index (χ4n) is 3.00. The van der Waals surface area contributed by atoms with Crippen LogP contribution in [0.1, 0.15) is 59.3 Å². The number of β-lactam (4-membered cyclic amide) rings is 1. The molecule has 0 spiro atoms. The van der Waals surface area contributed by atoms with Crippen molar-refractivity contribution in [2.45, 2.75) is 71.6 Å². The summed E-state index contributed by atoms with van der Waals surface area (Å²) in [5.74, 6) is 0.867. The summed E-state index contributed by atoms with van der Waals surface area (Å²) >= 11 is 0. The van der Waals surface area contributed by atoms with Gasteiger partial charge in [0, 0.05) is 13.0 Å². The van der Waals surface area contributed by atoms with Crippen LogP contribution in [0.2, 0.25) is 0 Å². The van der Waals surface area contributed by atoms with Gasteiger partial charge >= 0.3 is 0 Å². The number of amides is 1. The third-order valence-corrected chi connectivity index (χ3v) is 3.98. The van der Waals surface area contributed by atoms with Crippen LogP contribution in [0, 0.1) is 11.8 Å². The first-order chi connectivity index (χ1) is 9.13. The second kappa shape index (κ2) is 6.71. The molecule has 0 aliphatic carbocycles. The Morgan fingerprint density at radius 3 is 2.79 bits per heavy atom. The normalized spacial score (nSPS) is 31.7. The van der Waals surface area contributed by atoms with Crippen molar-refractivity contribution >= 4 is 5.91 Å². The highest BCUT2D eigenvalue weighted by Crippen LogP contribution is 2.36. The highest BCUT2D eigenvalue weighted by Gasteiger charge is 2.48. The zero-order valence-electron chi connectivity index (χ0n) is 12.4. The Labute approximate surface area is 116 Å². The Morgan fingerprint density at radius 1 is 1.42 bits per heavy atom. The molecule has 0 bridgehead atoms. The molecular formula is C15H27NO3. The molecule has 0 saturated carbocycles. The van der Waals surface area contributed by atoms with Crippen LogP contribution in [-0.2, 0) is 14.4 Å². The predicted octanol–water partition coefficient (Wildman–Crippen LogP) is 3.12. The quantitative estimate of drug-likeness (QED) is 0.695. The van der Waals surface area contributed by atoms with Crippen molar-refractivity contribution in [1.29, 1.82) is 0 Å². The van der Waals surface area contributed by atoms with Crippen molar-refractivity contribution in [3.63, 3.8) is 0 Å². The first kappa shape index (κ1) is 14.8. The first-order valence-corrected chi connectivity index (χ1v) is 7.75. The van der Waals surface area contributed by atoms with Crippen LogP contribution in [0.15, 0.2) is 0 Å². The van der Waals surface area contributed by atoms with E-state index in [1.54, 1.807) is 5.06 Å². The van der Waals surface area contributed by atoms with Gasteiger partial charge in [0.25, 0.3) is 5.91 Å². The van der Waals surface area contributed by atoms with Gasteiger partial charge in [0.1, 0.15) is 0 Å². The monoisotopic (exact) mass is 269 g/mol. The molecule has 2 aliphatic heterocycles. The number of hydroxylamine groups is 2. The smallest absolute Gasteiger partial charge is 0.251 e. The number of rotatable bonds is 6. The van der Waals surface area contributed by atoms with Crippen LogP contribution in [0.3, 0.4) is 0 Å². The van der Waals surface area contributed by atoms with E-state index in [0.717, 1.165) is 45.1 Å². The Hall–Kier alpha value is -0.610. The van der Waals surface area contributed by atoms with Gasteiger partial charge in [-0.2, -0.15) is 0 Å². The Bertz CT molecular complexity index is 300. The van der Waals surface area contributed by atoms with Gasteiger partial charge in [-0.1, -0.05) is 27.2 Å². The minimum absolute atomic E-state index is 0.154. The van der Waals surface area contributed by atoms with E-state index in [-0.39, 0.29) is 24.2 Å². The van der Waals surface area contributed by atoms with Crippen molar-refractivity contribution in [3.05, 3.63) is 0 Å². The van der Waals surface area contributed by atoms with E-state index in [9.17, 15) is 4.79 Å². The van der Waals surface area contributed by atoms with Gasteiger partial charge in [-0.3, -0.25) is 4.79 Å². The molecule has 0 aromatic carbocycles. The number of nitrogens with zero attached hydrogens (tertiary/aromatic N) is 1. The maximum atomic E-state index is 12.2. The molecule has 19 heavy (non-hydrogen) atoms. The van der Waals surface area contributed by atoms with Crippen LogP contribution < -0.4 is 0 Å². The number of carbonyl (C=O) groups excluding carboxylic acids is 1. The molecule has 0 N–H and O–H groups in total. The van der Waals surface area contributed by atoms with Crippen molar-refractivity contribution < 1.29 is 14.4 Å². The van der Waals surface area contributed by atoms with Crippen molar-refractivity contribution in [2.24, 2.45) is 11.8 Å². The Morgan fingerprint density at radius 2 is 2.21 bits per heavy atom. The standard InChI is InChI=1S/C15H27NO3/c1-4-7-13-12(10-11(2)3)15(17)16(13)19-14-8-5-6-9-18-14/h11-14H,4-10H2,1-3H3/t12-,13+,14?/m1/s1. The molecule has 2 fully saturated rings. The largest absolute Gasteiger partial charge is 0.350 e. The van der Waals surface area contributed by atoms with E-state index in [1.807, 2.05) is 0 Å². The molecule has 1 amide bonds. The predicted molar refractivity (Wildman–Crippen MR) is 73.2 cm³/mol. The van der Waals surface area contributed by atoms with E-state index in [1.165, 1.54) is 0 Å². The summed E-state index contributed by atoms with van der Waals surface area (Å²) in [6.07, 6.45) is 5.99. The summed E-state index contributed by atoms with van der Waals surface area (Å²) in [5.41, 5.74) is 0. The lowest BCUT2D eigenvalue weighted by Crippen LogP contribution is -2.62. The van der Waals surface area contributed by atoms with E-state index in [0.29, 0.717) is 5.92 Å². The van der Waals surface area contributed by atoms with Crippen LogP contribution in [-0.4, -0.2) is 29.9 Å². The van der Waals surface area contributed by atoms with Crippen LogP contribution in [0.4, 0.5) is 0 Å². The fourth-order valence-corrected chi connectivity index (χ4v) is 3.00. The minimum Gasteiger partial charge on any atom is -0.350 e. The number of hydrogen-bond donors (Lipinski definition) is 0. The van der Waals surface area contributed by atoms with Crippen LogP contribution >= 0.6 is 0 Å². The van der Waals surface area contributed by atoms with E-state index in [4.69, 9.17) is 9.57 Å². The molecule has 4 heteroatoms. The van der Waals surface area contributed by atoms with Gasteiger partial charge < -0.3 is 4.74 Å². The van der Waals surface area contributed by atoms with E-state index >= 15 is 0 Å². The average molecular weight is 269 g/mol. The van der Waals surface area contributed by atoms with Gasteiger partial charge in [0.05, 0.1) is 12.0 Å². The molecule has 0 aromatic heterocycles.